The Morgan fingerprint density at radius 3 is 2.46 bits per heavy atom. The Morgan fingerprint density at radius 2 is 1.71 bits per heavy atom. The summed E-state index contributed by atoms with van der Waals surface area (Å²) in [5.41, 5.74) is 1.91. The number of nitrogens with zero attached hydrogens (tertiary/aromatic N) is 2. The molecule has 4 nitrogen and oxygen atoms in total. The van der Waals surface area contributed by atoms with E-state index in [9.17, 15) is 9.18 Å². The van der Waals surface area contributed by atoms with Crippen LogP contribution in [0.3, 0.4) is 0 Å². The molecule has 0 unspecified atom stereocenters. The molecule has 0 atom stereocenters. The first-order valence-electron chi connectivity index (χ1n) is 8.28. The monoisotopic (exact) mass is 327 g/mol. The van der Waals surface area contributed by atoms with Crippen LogP contribution in [0.25, 0.3) is 0 Å². The van der Waals surface area contributed by atoms with Crippen LogP contribution in [0.2, 0.25) is 0 Å². The average molecular weight is 327 g/mol. The number of carbonyl (C=O) groups excluding carboxylic acids is 1. The molecule has 0 aromatic heterocycles. The maximum atomic E-state index is 12.9. The van der Waals surface area contributed by atoms with Crippen LogP contribution in [0.1, 0.15) is 12.0 Å². The molecule has 1 saturated heterocycles. The number of hydrogen-bond donors (Lipinski definition) is 1. The van der Waals surface area contributed by atoms with E-state index < -0.39 is 0 Å². The largest absolute Gasteiger partial charge is 0.323 e. The van der Waals surface area contributed by atoms with Crippen molar-refractivity contribution in [2.45, 2.75) is 13.0 Å². The number of carbonyl (C=O) groups is 1. The van der Waals surface area contributed by atoms with Gasteiger partial charge in [-0.1, -0.05) is 30.3 Å². The van der Waals surface area contributed by atoms with Crippen LogP contribution in [0.15, 0.2) is 54.6 Å². The second kappa shape index (κ2) is 7.93. The second-order valence-electron chi connectivity index (χ2n) is 6.04. The zero-order chi connectivity index (χ0) is 16.8. The summed E-state index contributed by atoms with van der Waals surface area (Å²) in [7, 11) is 0. The van der Waals surface area contributed by atoms with Crippen molar-refractivity contribution in [2.24, 2.45) is 0 Å². The number of rotatable bonds is 3. The first-order valence-corrected chi connectivity index (χ1v) is 8.28. The fourth-order valence-corrected chi connectivity index (χ4v) is 2.91. The standard InChI is InChI=1S/C19H22FN3O/c20-17-7-9-18(10-8-17)21-19(24)23-12-4-11-22(13-14-23)15-16-5-2-1-3-6-16/h1-3,5-10H,4,11-15H2,(H,21,24). The number of urea groups is 1. The molecule has 2 aromatic rings. The van der Waals surface area contributed by atoms with Crippen molar-refractivity contribution >= 4 is 11.7 Å². The maximum Gasteiger partial charge on any atom is 0.321 e. The van der Waals surface area contributed by atoms with Gasteiger partial charge in [0.2, 0.25) is 0 Å². The smallest absolute Gasteiger partial charge is 0.321 e. The van der Waals surface area contributed by atoms with Gasteiger partial charge in [0.15, 0.2) is 0 Å². The lowest BCUT2D eigenvalue weighted by atomic mass is 10.2. The molecular weight excluding hydrogens is 305 g/mol. The Balaban J connectivity index is 1.53. The van der Waals surface area contributed by atoms with Gasteiger partial charge in [-0.05, 0) is 36.2 Å². The van der Waals surface area contributed by atoms with E-state index in [4.69, 9.17) is 0 Å². The van der Waals surface area contributed by atoms with Crippen LogP contribution in [-0.2, 0) is 6.54 Å². The van der Waals surface area contributed by atoms with Gasteiger partial charge in [0.1, 0.15) is 5.82 Å². The molecule has 1 aliphatic rings. The minimum Gasteiger partial charge on any atom is -0.323 e. The fourth-order valence-electron chi connectivity index (χ4n) is 2.91. The Bertz CT molecular complexity index is 660. The summed E-state index contributed by atoms with van der Waals surface area (Å²) in [6, 6.07) is 16.1. The minimum absolute atomic E-state index is 0.122. The number of nitrogens with one attached hydrogen (secondary N) is 1. The number of amides is 2. The summed E-state index contributed by atoms with van der Waals surface area (Å²) in [5, 5.41) is 2.83. The van der Waals surface area contributed by atoms with Gasteiger partial charge in [-0.2, -0.15) is 0 Å². The third-order valence-corrected chi connectivity index (χ3v) is 4.22. The molecule has 2 amide bonds. The predicted molar refractivity (Wildman–Crippen MR) is 93.3 cm³/mol. The van der Waals surface area contributed by atoms with E-state index in [2.05, 4.69) is 34.5 Å². The fraction of sp³-hybridized carbons (Fsp3) is 0.316. The van der Waals surface area contributed by atoms with E-state index >= 15 is 0 Å². The summed E-state index contributed by atoms with van der Waals surface area (Å²) >= 11 is 0. The van der Waals surface area contributed by atoms with Gasteiger partial charge in [-0.25, -0.2) is 9.18 Å². The maximum absolute atomic E-state index is 12.9. The van der Waals surface area contributed by atoms with E-state index in [1.165, 1.54) is 17.7 Å². The van der Waals surface area contributed by atoms with Crippen molar-refractivity contribution in [2.75, 3.05) is 31.5 Å². The zero-order valence-electron chi connectivity index (χ0n) is 13.6. The highest BCUT2D eigenvalue weighted by atomic mass is 19.1. The SMILES string of the molecule is O=C(Nc1ccc(F)cc1)N1CCCN(Cc2ccccc2)CC1. The Kier molecular flexibility index (Phi) is 5.43. The van der Waals surface area contributed by atoms with Crippen LogP contribution in [0, 0.1) is 5.82 Å². The molecule has 2 aromatic carbocycles. The van der Waals surface area contributed by atoms with Crippen LogP contribution >= 0.6 is 0 Å². The van der Waals surface area contributed by atoms with E-state index in [0.717, 1.165) is 32.6 Å². The van der Waals surface area contributed by atoms with Crippen molar-refractivity contribution in [1.29, 1.82) is 0 Å². The molecule has 24 heavy (non-hydrogen) atoms. The lowest BCUT2D eigenvalue weighted by Crippen LogP contribution is -2.38. The van der Waals surface area contributed by atoms with Gasteiger partial charge in [-0.3, -0.25) is 4.90 Å². The quantitative estimate of drug-likeness (QED) is 0.935. The predicted octanol–water partition coefficient (Wildman–Crippen LogP) is 3.57. The lowest BCUT2D eigenvalue weighted by Gasteiger charge is -2.22. The number of benzene rings is 2. The van der Waals surface area contributed by atoms with Crippen LogP contribution in [-0.4, -0.2) is 42.0 Å². The van der Waals surface area contributed by atoms with Crippen LogP contribution in [0.4, 0.5) is 14.9 Å². The molecule has 3 rings (SSSR count). The highest BCUT2D eigenvalue weighted by Gasteiger charge is 2.19. The Hall–Kier alpha value is -2.40. The first kappa shape index (κ1) is 16.5. The van der Waals surface area contributed by atoms with Gasteiger partial charge in [-0.15, -0.1) is 0 Å². The molecule has 0 radical (unpaired) electrons. The molecule has 1 fully saturated rings. The number of halogens is 1. The van der Waals surface area contributed by atoms with Crippen molar-refractivity contribution in [1.82, 2.24) is 9.80 Å². The molecular formula is C19H22FN3O. The molecule has 0 aliphatic carbocycles. The highest BCUT2D eigenvalue weighted by molar-refractivity contribution is 5.89. The molecule has 126 valence electrons. The minimum atomic E-state index is -0.306. The van der Waals surface area contributed by atoms with Crippen LogP contribution in [0.5, 0.6) is 0 Å². The van der Waals surface area contributed by atoms with E-state index in [1.807, 2.05) is 11.0 Å². The molecule has 0 saturated carbocycles. The molecule has 1 aliphatic heterocycles. The first-order chi connectivity index (χ1) is 11.7. The normalized spacial score (nSPS) is 15.8. The summed E-state index contributed by atoms with van der Waals surface area (Å²) in [6.07, 6.45) is 0.948. The van der Waals surface area contributed by atoms with Crippen molar-refractivity contribution in [3.63, 3.8) is 0 Å². The number of anilines is 1. The highest BCUT2D eigenvalue weighted by Crippen LogP contribution is 2.12. The summed E-state index contributed by atoms with van der Waals surface area (Å²) in [4.78, 5) is 16.6. The Labute approximate surface area is 141 Å². The lowest BCUT2D eigenvalue weighted by molar-refractivity contribution is 0.211. The summed E-state index contributed by atoms with van der Waals surface area (Å²) in [5.74, 6) is -0.306. The molecule has 5 heteroatoms. The molecule has 1 heterocycles. The molecule has 0 spiro atoms. The van der Waals surface area contributed by atoms with E-state index in [0.29, 0.717) is 12.2 Å². The third kappa shape index (κ3) is 4.55. The third-order valence-electron chi connectivity index (χ3n) is 4.22. The van der Waals surface area contributed by atoms with Crippen molar-refractivity contribution < 1.29 is 9.18 Å². The van der Waals surface area contributed by atoms with E-state index in [-0.39, 0.29) is 11.8 Å². The van der Waals surface area contributed by atoms with Crippen LogP contribution < -0.4 is 5.32 Å². The Morgan fingerprint density at radius 1 is 0.958 bits per heavy atom. The van der Waals surface area contributed by atoms with Crippen molar-refractivity contribution in [3.05, 3.63) is 66.0 Å². The van der Waals surface area contributed by atoms with Gasteiger partial charge in [0.25, 0.3) is 0 Å². The zero-order valence-corrected chi connectivity index (χ0v) is 13.6. The van der Waals surface area contributed by atoms with Gasteiger partial charge >= 0.3 is 6.03 Å². The average Bonchev–Trinajstić information content (AvgIpc) is 2.83. The molecule has 1 N–H and O–H groups in total. The molecule has 0 bridgehead atoms. The summed E-state index contributed by atoms with van der Waals surface area (Å²) < 4.78 is 12.9. The summed E-state index contributed by atoms with van der Waals surface area (Å²) in [6.45, 7) is 4.17. The van der Waals surface area contributed by atoms with Crippen molar-refractivity contribution in [3.8, 4) is 0 Å². The van der Waals surface area contributed by atoms with Gasteiger partial charge < -0.3 is 10.2 Å². The topological polar surface area (TPSA) is 35.6 Å². The number of hydrogen-bond acceptors (Lipinski definition) is 2. The second-order valence-corrected chi connectivity index (χ2v) is 6.04. The van der Waals surface area contributed by atoms with Gasteiger partial charge in [0.05, 0.1) is 0 Å². The van der Waals surface area contributed by atoms with E-state index in [1.54, 1.807) is 12.1 Å². The van der Waals surface area contributed by atoms with Gasteiger partial charge in [0, 0.05) is 38.4 Å².